The summed E-state index contributed by atoms with van der Waals surface area (Å²) in [6.07, 6.45) is 0. The second-order valence-electron chi connectivity index (χ2n) is 6.56. The van der Waals surface area contributed by atoms with E-state index >= 15 is 0 Å². The molecule has 0 N–H and O–H groups in total. The molecule has 0 saturated carbocycles. The Morgan fingerprint density at radius 1 is 0.458 bits per heavy atom. The molecule has 0 amide bonds. The van der Waals surface area contributed by atoms with Crippen molar-refractivity contribution in [2.45, 2.75) is 27.7 Å². The van der Waals surface area contributed by atoms with E-state index in [1.807, 2.05) is 12.1 Å². The van der Waals surface area contributed by atoms with E-state index in [0.717, 1.165) is 32.3 Å². The quantitative estimate of drug-likeness (QED) is 0.445. The molecule has 122 valence electrons. The van der Waals surface area contributed by atoms with Crippen LogP contribution < -0.4 is 0 Å². The lowest BCUT2D eigenvalue weighted by molar-refractivity contribution is 1.38. The molecule has 24 heavy (non-hydrogen) atoms. The highest BCUT2D eigenvalue weighted by atomic mass is 35.5. The van der Waals surface area contributed by atoms with Gasteiger partial charge < -0.3 is 0 Å². The number of rotatable bonds is 2. The van der Waals surface area contributed by atoms with Gasteiger partial charge in [-0.2, -0.15) is 0 Å². The molecule has 0 aromatic heterocycles. The Morgan fingerprint density at radius 2 is 0.750 bits per heavy atom. The molecule has 0 bridgehead atoms. The Morgan fingerprint density at radius 3 is 1.04 bits per heavy atom. The summed E-state index contributed by atoms with van der Waals surface area (Å²) >= 11 is 13.2. The van der Waals surface area contributed by atoms with Gasteiger partial charge in [-0.3, -0.25) is 0 Å². The molecule has 0 aliphatic rings. The van der Waals surface area contributed by atoms with Crippen molar-refractivity contribution in [3.8, 4) is 22.3 Å². The van der Waals surface area contributed by atoms with Gasteiger partial charge in [0.1, 0.15) is 0 Å². The second-order valence-corrected chi connectivity index (χ2v) is 7.38. The predicted octanol–water partition coefficient (Wildman–Crippen LogP) is 7.56. The first-order valence-electron chi connectivity index (χ1n) is 8.00. The van der Waals surface area contributed by atoms with Gasteiger partial charge in [0.05, 0.1) is 0 Å². The molecule has 0 nitrogen and oxygen atoms in total. The van der Waals surface area contributed by atoms with Crippen molar-refractivity contribution >= 4 is 23.2 Å². The van der Waals surface area contributed by atoms with Gasteiger partial charge in [-0.15, -0.1) is 0 Å². The number of hydrogen-bond donors (Lipinski definition) is 0. The molecule has 3 rings (SSSR count). The van der Waals surface area contributed by atoms with E-state index in [0.29, 0.717) is 0 Å². The van der Waals surface area contributed by atoms with Crippen molar-refractivity contribution in [2.75, 3.05) is 0 Å². The highest BCUT2D eigenvalue weighted by Gasteiger charge is 2.12. The van der Waals surface area contributed by atoms with E-state index in [1.54, 1.807) is 0 Å². The van der Waals surface area contributed by atoms with Crippen molar-refractivity contribution in [1.82, 2.24) is 0 Å². The van der Waals surface area contributed by atoms with Crippen LogP contribution in [-0.2, 0) is 0 Å². The maximum absolute atomic E-state index is 6.61. The molecule has 0 aliphatic heterocycles. The Labute approximate surface area is 154 Å². The van der Waals surface area contributed by atoms with Gasteiger partial charge >= 0.3 is 0 Å². The number of aryl methyl sites for hydroxylation is 4. The zero-order valence-electron chi connectivity index (χ0n) is 14.4. The Kier molecular flexibility index (Phi) is 4.71. The molecular formula is C22H20Cl2. The summed E-state index contributed by atoms with van der Waals surface area (Å²) in [5, 5.41) is 1.44. The third-order valence-corrected chi connectivity index (χ3v) is 4.75. The largest absolute Gasteiger partial charge is 0.0836 e. The zero-order chi connectivity index (χ0) is 17.4. The monoisotopic (exact) mass is 354 g/mol. The lowest BCUT2D eigenvalue weighted by Gasteiger charge is -2.13. The van der Waals surface area contributed by atoms with Gasteiger partial charge in [-0.1, -0.05) is 81.9 Å². The molecule has 0 radical (unpaired) electrons. The van der Waals surface area contributed by atoms with Gasteiger partial charge in [0.15, 0.2) is 0 Å². The second kappa shape index (κ2) is 6.63. The first kappa shape index (κ1) is 17.1. The molecule has 0 atom stereocenters. The Balaban J connectivity index is 2.15. The number of hydrogen-bond acceptors (Lipinski definition) is 0. The number of benzene rings is 3. The molecule has 0 aliphatic carbocycles. The zero-order valence-corrected chi connectivity index (χ0v) is 15.9. The minimum atomic E-state index is 0.721. The maximum atomic E-state index is 6.61. The van der Waals surface area contributed by atoms with Crippen LogP contribution in [0.2, 0.25) is 10.0 Å². The highest BCUT2D eigenvalue weighted by molar-refractivity contribution is 6.37. The molecule has 0 saturated heterocycles. The summed E-state index contributed by atoms with van der Waals surface area (Å²) in [5.74, 6) is 0. The van der Waals surface area contributed by atoms with Crippen molar-refractivity contribution in [3.63, 3.8) is 0 Å². The molecule has 3 aromatic rings. The van der Waals surface area contributed by atoms with Crippen LogP contribution in [0.1, 0.15) is 22.3 Å². The molecule has 0 heterocycles. The van der Waals surface area contributed by atoms with E-state index in [1.165, 1.54) is 22.3 Å². The van der Waals surface area contributed by atoms with Crippen molar-refractivity contribution in [1.29, 1.82) is 0 Å². The van der Waals surface area contributed by atoms with Crippen molar-refractivity contribution < 1.29 is 0 Å². The fraction of sp³-hybridized carbons (Fsp3) is 0.182. The SMILES string of the molecule is Cc1cc(C)cc(-c2cc(Cl)c(-c3cc(C)cc(C)c3)cc2Cl)c1. The fourth-order valence-electron chi connectivity index (χ4n) is 3.25. The third kappa shape index (κ3) is 3.50. The van der Waals surface area contributed by atoms with Gasteiger partial charge in [0.2, 0.25) is 0 Å². The normalized spacial score (nSPS) is 10.9. The van der Waals surface area contributed by atoms with Gasteiger partial charge in [-0.25, -0.2) is 0 Å². The average Bonchev–Trinajstić information content (AvgIpc) is 2.47. The topological polar surface area (TPSA) is 0 Å². The standard InChI is InChI=1S/C22H20Cl2/c1-13-5-14(2)8-17(7-13)19-11-22(24)20(12-21(19)23)18-9-15(3)6-16(4)10-18/h5-12H,1-4H3. The lowest BCUT2D eigenvalue weighted by Crippen LogP contribution is -1.88. The summed E-state index contributed by atoms with van der Waals surface area (Å²) in [5.41, 5.74) is 9.03. The van der Waals surface area contributed by atoms with Crippen LogP contribution in [0.25, 0.3) is 22.3 Å². The minimum absolute atomic E-state index is 0.721. The van der Waals surface area contributed by atoms with E-state index in [4.69, 9.17) is 23.2 Å². The molecule has 3 aromatic carbocycles. The van der Waals surface area contributed by atoms with Crippen LogP contribution in [0.5, 0.6) is 0 Å². The Hall–Kier alpha value is -1.76. The first-order valence-corrected chi connectivity index (χ1v) is 8.75. The summed E-state index contributed by atoms with van der Waals surface area (Å²) < 4.78 is 0. The van der Waals surface area contributed by atoms with Crippen LogP contribution in [0.15, 0.2) is 48.5 Å². The van der Waals surface area contributed by atoms with E-state index < -0.39 is 0 Å². The van der Waals surface area contributed by atoms with Crippen LogP contribution in [0.3, 0.4) is 0 Å². The van der Waals surface area contributed by atoms with Crippen molar-refractivity contribution in [2.24, 2.45) is 0 Å². The van der Waals surface area contributed by atoms with Crippen LogP contribution in [0, 0.1) is 27.7 Å². The van der Waals surface area contributed by atoms with Crippen LogP contribution >= 0.6 is 23.2 Å². The van der Waals surface area contributed by atoms with Gasteiger partial charge in [-0.05, 0) is 51.0 Å². The summed E-state index contributed by atoms with van der Waals surface area (Å²) in [6, 6.07) is 16.8. The fourth-order valence-corrected chi connectivity index (χ4v) is 3.80. The van der Waals surface area contributed by atoms with Gasteiger partial charge in [0.25, 0.3) is 0 Å². The van der Waals surface area contributed by atoms with E-state index in [-0.39, 0.29) is 0 Å². The number of halogens is 2. The first-order chi connectivity index (χ1) is 11.3. The smallest absolute Gasteiger partial charge is 0.0491 e. The third-order valence-electron chi connectivity index (χ3n) is 4.12. The van der Waals surface area contributed by atoms with Crippen LogP contribution in [-0.4, -0.2) is 0 Å². The maximum Gasteiger partial charge on any atom is 0.0491 e. The average molecular weight is 355 g/mol. The van der Waals surface area contributed by atoms with Gasteiger partial charge in [0, 0.05) is 21.2 Å². The molecule has 0 spiro atoms. The molecule has 2 heteroatoms. The summed E-state index contributed by atoms with van der Waals surface area (Å²) in [6.45, 7) is 8.37. The minimum Gasteiger partial charge on any atom is -0.0836 e. The molecule has 0 unspecified atom stereocenters. The molecule has 0 fully saturated rings. The van der Waals surface area contributed by atoms with Crippen LogP contribution in [0.4, 0.5) is 0 Å². The molecular weight excluding hydrogens is 335 g/mol. The summed E-state index contributed by atoms with van der Waals surface area (Å²) in [7, 11) is 0. The highest BCUT2D eigenvalue weighted by Crippen LogP contribution is 2.38. The van der Waals surface area contributed by atoms with E-state index in [2.05, 4.69) is 64.1 Å². The predicted molar refractivity (Wildman–Crippen MR) is 106 cm³/mol. The summed E-state index contributed by atoms with van der Waals surface area (Å²) in [4.78, 5) is 0. The Bertz CT molecular complexity index is 806. The van der Waals surface area contributed by atoms with Crippen molar-refractivity contribution in [3.05, 3.63) is 80.8 Å². The van der Waals surface area contributed by atoms with E-state index in [9.17, 15) is 0 Å². The lowest BCUT2D eigenvalue weighted by atomic mass is 9.96.